The summed E-state index contributed by atoms with van der Waals surface area (Å²) in [6.07, 6.45) is 3.77. The van der Waals surface area contributed by atoms with Crippen molar-refractivity contribution in [2.45, 2.75) is 0 Å². The Balaban J connectivity index is 1.38. The molecule has 42 heavy (non-hydrogen) atoms. The molecule has 0 fully saturated rings. The van der Waals surface area contributed by atoms with Gasteiger partial charge in [0, 0.05) is 18.0 Å². The van der Waals surface area contributed by atoms with Crippen molar-refractivity contribution in [1.29, 1.82) is 0 Å². The Morgan fingerprint density at radius 2 is 0.833 bits per heavy atom. The highest BCUT2D eigenvalue weighted by molar-refractivity contribution is 6.24. The van der Waals surface area contributed by atoms with E-state index in [4.69, 9.17) is 4.98 Å². The van der Waals surface area contributed by atoms with Crippen molar-refractivity contribution in [3.63, 3.8) is 0 Å². The second kappa shape index (κ2) is 10.1. The van der Waals surface area contributed by atoms with Crippen LogP contribution in [0, 0.1) is 0 Å². The molecule has 0 bridgehead atoms. The van der Waals surface area contributed by atoms with Gasteiger partial charge >= 0.3 is 0 Å². The maximum atomic E-state index is 4.77. The van der Waals surface area contributed by atoms with Gasteiger partial charge < -0.3 is 0 Å². The fraction of sp³-hybridized carbons (Fsp3) is 0. The summed E-state index contributed by atoms with van der Waals surface area (Å²) >= 11 is 0. The molecule has 2 nitrogen and oxygen atoms in total. The average Bonchev–Trinajstić information content (AvgIpc) is 3.08. The number of rotatable bonds is 4. The molecular weight excluding hydrogens is 508 g/mol. The molecule has 0 saturated heterocycles. The minimum atomic E-state index is 0.872. The quantitative estimate of drug-likeness (QED) is 0.210. The first-order valence-corrected chi connectivity index (χ1v) is 14.3. The minimum absolute atomic E-state index is 0.872. The van der Waals surface area contributed by atoms with Gasteiger partial charge in [-0.3, -0.25) is 9.97 Å². The van der Waals surface area contributed by atoms with E-state index >= 15 is 0 Å². The summed E-state index contributed by atoms with van der Waals surface area (Å²) in [5, 5.41) is 7.48. The van der Waals surface area contributed by atoms with Crippen molar-refractivity contribution < 1.29 is 0 Å². The molecule has 2 heteroatoms. The lowest BCUT2D eigenvalue weighted by molar-refractivity contribution is 1.25. The van der Waals surface area contributed by atoms with E-state index in [0.717, 1.165) is 17.0 Å². The van der Waals surface area contributed by atoms with Gasteiger partial charge in [0.05, 0.1) is 11.4 Å². The average molecular weight is 535 g/mol. The van der Waals surface area contributed by atoms with Gasteiger partial charge in [-0.15, -0.1) is 0 Å². The van der Waals surface area contributed by atoms with E-state index in [1.54, 1.807) is 6.20 Å². The summed E-state index contributed by atoms with van der Waals surface area (Å²) in [5.41, 5.74) is 9.03. The molecule has 2 heterocycles. The molecule has 0 saturated carbocycles. The van der Waals surface area contributed by atoms with Crippen molar-refractivity contribution in [3.8, 4) is 44.8 Å². The van der Waals surface area contributed by atoms with Crippen LogP contribution in [0.25, 0.3) is 77.1 Å². The molecule has 0 aliphatic heterocycles. The molecule has 0 atom stereocenters. The van der Waals surface area contributed by atoms with Crippen molar-refractivity contribution in [1.82, 2.24) is 9.97 Å². The number of benzene rings is 6. The van der Waals surface area contributed by atoms with Gasteiger partial charge in [-0.1, -0.05) is 127 Å². The van der Waals surface area contributed by atoms with E-state index in [0.29, 0.717) is 0 Å². The maximum absolute atomic E-state index is 4.77. The van der Waals surface area contributed by atoms with Crippen LogP contribution in [0.3, 0.4) is 0 Å². The standard InChI is InChI=1S/C40H26N2/c1-2-12-27(13-3-1)39-32-16-6-8-18-34(32)40(35-19-9-7-17-33(35)39)36-23-22-29(30-14-4-5-15-31(30)36)28-21-24-38(42-26-28)37-20-10-11-25-41-37/h1-26H. The summed E-state index contributed by atoms with van der Waals surface area (Å²) in [5.74, 6) is 0. The van der Waals surface area contributed by atoms with Crippen LogP contribution in [-0.4, -0.2) is 9.97 Å². The lowest BCUT2D eigenvalue weighted by Crippen LogP contribution is -1.93. The molecule has 0 unspecified atom stereocenters. The van der Waals surface area contributed by atoms with Gasteiger partial charge in [-0.05, 0) is 78.3 Å². The Morgan fingerprint density at radius 3 is 1.43 bits per heavy atom. The van der Waals surface area contributed by atoms with Crippen LogP contribution in [0.5, 0.6) is 0 Å². The van der Waals surface area contributed by atoms with E-state index in [9.17, 15) is 0 Å². The van der Waals surface area contributed by atoms with Gasteiger partial charge in [0.25, 0.3) is 0 Å². The van der Waals surface area contributed by atoms with Crippen molar-refractivity contribution in [2.75, 3.05) is 0 Å². The molecule has 6 aromatic carbocycles. The summed E-state index contributed by atoms with van der Waals surface area (Å²) < 4.78 is 0. The van der Waals surface area contributed by atoms with E-state index in [1.165, 1.54) is 60.1 Å². The van der Waals surface area contributed by atoms with Crippen LogP contribution in [0.4, 0.5) is 0 Å². The molecule has 0 aliphatic rings. The summed E-state index contributed by atoms with van der Waals surface area (Å²) in [6.45, 7) is 0. The number of nitrogens with zero attached hydrogens (tertiary/aromatic N) is 2. The molecule has 8 rings (SSSR count). The molecule has 0 aliphatic carbocycles. The second-order valence-electron chi connectivity index (χ2n) is 10.6. The normalized spacial score (nSPS) is 11.3. The minimum Gasteiger partial charge on any atom is -0.255 e. The molecule has 0 radical (unpaired) electrons. The fourth-order valence-corrected chi connectivity index (χ4v) is 6.32. The lowest BCUT2D eigenvalue weighted by atomic mass is 9.84. The topological polar surface area (TPSA) is 25.8 Å². The predicted molar refractivity (Wildman–Crippen MR) is 176 cm³/mol. The maximum Gasteiger partial charge on any atom is 0.0886 e. The first-order chi connectivity index (χ1) is 20.9. The third-order valence-electron chi connectivity index (χ3n) is 8.19. The number of aromatic nitrogens is 2. The Labute approximate surface area is 244 Å². The van der Waals surface area contributed by atoms with Gasteiger partial charge in [-0.25, -0.2) is 0 Å². The Hall–Kier alpha value is -5.60. The first kappa shape index (κ1) is 24.2. The zero-order valence-corrected chi connectivity index (χ0v) is 22.9. The summed E-state index contributed by atoms with van der Waals surface area (Å²) in [7, 11) is 0. The van der Waals surface area contributed by atoms with Crippen LogP contribution >= 0.6 is 0 Å². The van der Waals surface area contributed by atoms with Gasteiger partial charge in [0.2, 0.25) is 0 Å². The third-order valence-corrected chi connectivity index (χ3v) is 8.19. The van der Waals surface area contributed by atoms with Crippen molar-refractivity contribution >= 4 is 32.3 Å². The zero-order chi connectivity index (χ0) is 27.9. The third kappa shape index (κ3) is 3.96. The van der Waals surface area contributed by atoms with Crippen molar-refractivity contribution in [2.24, 2.45) is 0 Å². The largest absolute Gasteiger partial charge is 0.255 e. The van der Waals surface area contributed by atoms with Crippen molar-refractivity contribution in [3.05, 3.63) is 158 Å². The molecule has 0 spiro atoms. The number of fused-ring (bicyclic) bond motifs is 3. The Morgan fingerprint density at radius 1 is 0.310 bits per heavy atom. The molecule has 196 valence electrons. The van der Waals surface area contributed by atoms with E-state index in [1.807, 2.05) is 24.4 Å². The Kier molecular flexibility index (Phi) is 5.82. The van der Waals surface area contributed by atoms with Crippen LogP contribution in [-0.2, 0) is 0 Å². The predicted octanol–water partition coefficient (Wildman–Crippen LogP) is 10.6. The van der Waals surface area contributed by atoms with Gasteiger partial charge in [-0.2, -0.15) is 0 Å². The van der Waals surface area contributed by atoms with E-state index < -0.39 is 0 Å². The smallest absolute Gasteiger partial charge is 0.0886 e. The van der Waals surface area contributed by atoms with Crippen LogP contribution in [0.15, 0.2) is 158 Å². The van der Waals surface area contributed by atoms with Crippen LogP contribution in [0.2, 0.25) is 0 Å². The Bertz CT molecular complexity index is 2160. The molecule has 0 N–H and O–H groups in total. The molecule has 0 amide bonds. The number of hydrogen-bond donors (Lipinski definition) is 0. The van der Waals surface area contributed by atoms with Crippen LogP contribution < -0.4 is 0 Å². The van der Waals surface area contributed by atoms with E-state index in [2.05, 4.69) is 132 Å². The SMILES string of the molecule is c1ccc(-c2c3ccccc3c(-c3ccc(-c4ccc(-c5ccccn5)nc4)c4ccccc34)c3ccccc23)cc1. The van der Waals surface area contributed by atoms with Crippen LogP contribution in [0.1, 0.15) is 0 Å². The number of pyridine rings is 2. The lowest BCUT2D eigenvalue weighted by Gasteiger charge is -2.19. The fourth-order valence-electron chi connectivity index (χ4n) is 6.32. The van der Waals surface area contributed by atoms with E-state index in [-0.39, 0.29) is 0 Å². The first-order valence-electron chi connectivity index (χ1n) is 14.3. The number of hydrogen-bond acceptors (Lipinski definition) is 2. The zero-order valence-electron chi connectivity index (χ0n) is 22.9. The van der Waals surface area contributed by atoms with Gasteiger partial charge in [0.15, 0.2) is 0 Å². The summed E-state index contributed by atoms with van der Waals surface area (Å²) in [6, 6.07) is 51.8. The summed E-state index contributed by atoms with van der Waals surface area (Å²) in [4.78, 5) is 9.23. The molecule has 2 aromatic heterocycles. The molecule has 8 aromatic rings. The second-order valence-corrected chi connectivity index (χ2v) is 10.6. The highest BCUT2D eigenvalue weighted by Crippen LogP contribution is 2.46. The monoisotopic (exact) mass is 534 g/mol. The molecular formula is C40H26N2. The highest BCUT2D eigenvalue weighted by atomic mass is 14.8. The van der Waals surface area contributed by atoms with Gasteiger partial charge in [0.1, 0.15) is 0 Å². The highest BCUT2D eigenvalue weighted by Gasteiger charge is 2.18.